The Balaban J connectivity index is 1.82. The number of non-ortho nitro benzene ring substituents is 1. The predicted octanol–water partition coefficient (Wildman–Crippen LogP) is 1.46. The normalized spacial score (nSPS) is 10.0. The summed E-state index contributed by atoms with van der Waals surface area (Å²) in [6, 6.07) is 11.8. The molecule has 0 spiro atoms. The number of nitro groups is 1. The van der Waals surface area contributed by atoms with E-state index in [2.05, 4.69) is 10.9 Å². The quantitative estimate of drug-likeness (QED) is 0.377. The lowest BCUT2D eigenvalue weighted by atomic mass is 10.2. The van der Waals surface area contributed by atoms with Gasteiger partial charge in [-0.15, -0.1) is 0 Å². The Morgan fingerprint density at radius 1 is 1.00 bits per heavy atom. The molecular weight excluding hydrogens is 370 g/mol. The van der Waals surface area contributed by atoms with Gasteiger partial charge in [0, 0.05) is 19.2 Å². The van der Waals surface area contributed by atoms with Gasteiger partial charge in [0.2, 0.25) is 0 Å². The Labute approximate surface area is 160 Å². The fourth-order valence-electron chi connectivity index (χ4n) is 2.06. The van der Waals surface area contributed by atoms with E-state index in [0.717, 1.165) is 0 Å². The number of hydrazine groups is 1. The molecule has 2 N–H and O–H groups in total. The zero-order chi connectivity index (χ0) is 20.4. The predicted molar refractivity (Wildman–Crippen MR) is 98.0 cm³/mol. The zero-order valence-electron chi connectivity index (χ0n) is 15.0. The minimum absolute atomic E-state index is 0.0875. The Hall–Kier alpha value is -3.66. The van der Waals surface area contributed by atoms with E-state index in [9.17, 15) is 19.7 Å². The average Bonchev–Trinajstić information content (AvgIpc) is 2.71. The fraction of sp³-hybridized carbons (Fsp3) is 0.222. The third kappa shape index (κ3) is 6.25. The van der Waals surface area contributed by atoms with Crippen molar-refractivity contribution in [3.8, 4) is 11.5 Å². The van der Waals surface area contributed by atoms with Crippen LogP contribution in [0.1, 0.15) is 10.4 Å². The van der Waals surface area contributed by atoms with E-state index in [1.54, 1.807) is 24.3 Å². The lowest BCUT2D eigenvalue weighted by Gasteiger charge is -2.12. The van der Waals surface area contributed by atoms with Crippen LogP contribution in [0.15, 0.2) is 48.5 Å². The van der Waals surface area contributed by atoms with E-state index in [1.807, 2.05) is 0 Å². The molecule has 0 fully saturated rings. The number of rotatable bonds is 9. The summed E-state index contributed by atoms with van der Waals surface area (Å²) >= 11 is 0. The van der Waals surface area contributed by atoms with Crippen LogP contribution in [0.2, 0.25) is 0 Å². The average molecular weight is 389 g/mol. The first kappa shape index (κ1) is 20.6. The maximum Gasteiger partial charge on any atom is 0.276 e. The van der Waals surface area contributed by atoms with Crippen LogP contribution in [0, 0.1) is 10.1 Å². The maximum atomic E-state index is 12.2. The van der Waals surface area contributed by atoms with Crippen molar-refractivity contribution in [2.24, 2.45) is 0 Å². The second kappa shape index (κ2) is 10.5. The number of nitro benzene ring substituents is 1. The monoisotopic (exact) mass is 389 g/mol. The van der Waals surface area contributed by atoms with E-state index < -0.39 is 16.7 Å². The SMILES string of the molecule is COCCOc1ccccc1C(=O)NNC(=O)COc1ccc([N+](=O)[O-])cc1. The molecule has 0 aliphatic heterocycles. The molecule has 0 bridgehead atoms. The topological polar surface area (TPSA) is 129 Å². The van der Waals surface area contributed by atoms with Gasteiger partial charge in [-0.3, -0.25) is 30.6 Å². The van der Waals surface area contributed by atoms with Crippen LogP contribution in [0.4, 0.5) is 5.69 Å². The summed E-state index contributed by atoms with van der Waals surface area (Å²) in [6.07, 6.45) is 0. The van der Waals surface area contributed by atoms with E-state index in [0.29, 0.717) is 12.4 Å². The maximum absolute atomic E-state index is 12.2. The number of carbonyl (C=O) groups excluding carboxylic acids is 2. The number of amides is 2. The van der Waals surface area contributed by atoms with Gasteiger partial charge in [0.25, 0.3) is 17.5 Å². The Morgan fingerprint density at radius 3 is 2.39 bits per heavy atom. The first-order valence-corrected chi connectivity index (χ1v) is 8.18. The van der Waals surface area contributed by atoms with Gasteiger partial charge in [0.05, 0.1) is 17.1 Å². The Kier molecular flexibility index (Phi) is 7.73. The van der Waals surface area contributed by atoms with Gasteiger partial charge in [-0.05, 0) is 24.3 Å². The van der Waals surface area contributed by atoms with Crippen LogP contribution >= 0.6 is 0 Å². The highest BCUT2D eigenvalue weighted by atomic mass is 16.6. The van der Waals surface area contributed by atoms with Crippen molar-refractivity contribution < 1.29 is 28.7 Å². The third-order valence-electron chi connectivity index (χ3n) is 3.41. The fourth-order valence-corrected chi connectivity index (χ4v) is 2.06. The largest absolute Gasteiger partial charge is 0.490 e. The second-order valence-electron chi connectivity index (χ2n) is 5.38. The molecular formula is C18H19N3O7. The number of hydrogen-bond donors (Lipinski definition) is 2. The number of benzene rings is 2. The molecule has 2 aromatic carbocycles. The van der Waals surface area contributed by atoms with Crippen LogP contribution in [-0.2, 0) is 9.53 Å². The smallest absolute Gasteiger partial charge is 0.276 e. The highest BCUT2D eigenvalue weighted by Gasteiger charge is 2.13. The summed E-state index contributed by atoms with van der Waals surface area (Å²) in [6.45, 7) is 0.257. The summed E-state index contributed by atoms with van der Waals surface area (Å²) in [4.78, 5) is 34.1. The van der Waals surface area contributed by atoms with Crippen LogP contribution in [0.25, 0.3) is 0 Å². The first-order valence-electron chi connectivity index (χ1n) is 8.18. The lowest BCUT2D eigenvalue weighted by Crippen LogP contribution is -2.43. The van der Waals surface area contributed by atoms with Crippen molar-refractivity contribution in [3.63, 3.8) is 0 Å². The van der Waals surface area contributed by atoms with Crippen LogP contribution < -0.4 is 20.3 Å². The van der Waals surface area contributed by atoms with Gasteiger partial charge < -0.3 is 14.2 Å². The number of carbonyl (C=O) groups is 2. The van der Waals surface area contributed by atoms with Crippen molar-refractivity contribution in [2.45, 2.75) is 0 Å². The lowest BCUT2D eigenvalue weighted by molar-refractivity contribution is -0.384. The minimum atomic E-state index is -0.607. The molecule has 0 radical (unpaired) electrons. The highest BCUT2D eigenvalue weighted by Crippen LogP contribution is 2.18. The Morgan fingerprint density at radius 2 is 1.71 bits per heavy atom. The van der Waals surface area contributed by atoms with E-state index in [-0.39, 0.29) is 30.2 Å². The molecule has 0 saturated heterocycles. The summed E-state index contributed by atoms with van der Waals surface area (Å²) in [7, 11) is 1.54. The van der Waals surface area contributed by atoms with Crippen molar-refractivity contribution in [3.05, 3.63) is 64.2 Å². The molecule has 2 rings (SSSR count). The summed E-state index contributed by atoms with van der Waals surface area (Å²) in [5.41, 5.74) is 4.65. The van der Waals surface area contributed by atoms with E-state index in [1.165, 1.54) is 31.4 Å². The molecule has 28 heavy (non-hydrogen) atoms. The zero-order valence-corrected chi connectivity index (χ0v) is 15.0. The number of nitrogens with one attached hydrogen (secondary N) is 2. The van der Waals surface area contributed by atoms with Gasteiger partial charge >= 0.3 is 0 Å². The van der Waals surface area contributed by atoms with Crippen molar-refractivity contribution in [2.75, 3.05) is 26.9 Å². The molecule has 0 unspecified atom stereocenters. The highest BCUT2D eigenvalue weighted by molar-refractivity contribution is 5.97. The van der Waals surface area contributed by atoms with Crippen molar-refractivity contribution in [1.29, 1.82) is 0 Å². The molecule has 0 saturated carbocycles. The van der Waals surface area contributed by atoms with Gasteiger partial charge in [0.1, 0.15) is 18.1 Å². The molecule has 10 nitrogen and oxygen atoms in total. The molecule has 10 heteroatoms. The van der Waals surface area contributed by atoms with E-state index in [4.69, 9.17) is 14.2 Å². The van der Waals surface area contributed by atoms with Crippen LogP contribution in [0.5, 0.6) is 11.5 Å². The van der Waals surface area contributed by atoms with Crippen LogP contribution in [-0.4, -0.2) is 43.7 Å². The number of methoxy groups -OCH3 is 1. The molecule has 148 valence electrons. The second-order valence-corrected chi connectivity index (χ2v) is 5.38. The molecule has 0 heterocycles. The molecule has 0 aromatic heterocycles. The molecule has 2 aromatic rings. The molecule has 0 aliphatic rings. The van der Waals surface area contributed by atoms with Crippen LogP contribution in [0.3, 0.4) is 0 Å². The summed E-state index contributed by atoms with van der Waals surface area (Å²) in [5, 5.41) is 10.6. The van der Waals surface area contributed by atoms with Crippen molar-refractivity contribution in [1.82, 2.24) is 10.9 Å². The van der Waals surface area contributed by atoms with E-state index >= 15 is 0 Å². The summed E-state index contributed by atoms with van der Waals surface area (Å²) < 4.78 is 15.6. The molecule has 0 atom stereocenters. The number of ether oxygens (including phenoxy) is 3. The van der Waals surface area contributed by atoms with Gasteiger partial charge in [-0.25, -0.2) is 0 Å². The van der Waals surface area contributed by atoms with Crippen molar-refractivity contribution >= 4 is 17.5 Å². The van der Waals surface area contributed by atoms with Gasteiger partial charge in [0.15, 0.2) is 6.61 Å². The number of hydrogen-bond acceptors (Lipinski definition) is 7. The molecule has 0 aliphatic carbocycles. The third-order valence-corrected chi connectivity index (χ3v) is 3.41. The van der Waals surface area contributed by atoms with Gasteiger partial charge in [-0.1, -0.05) is 12.1 Å². The Bertz CT molecular complexity index is 824. The minimum Gasteiger partial charge on any atom is -0.490 e. The number of para-hydroxylation sites is 1. The van der Waals surface area contributed by atoms with Gasteiger partial charge in [-0.2, -0.15) is 0 Å². The number of nitrogens with zero attached hydrogens (tertiary/aromatic N) is 1. The summed E-state index contributed by atoms with van der Waals surface area (Å²) in [5.74, 6) is -0.529. The standard InChI is InChI=1S/C18H19N3O7/c1-26-10-11-27-16-5-3-2-4-15(16)18(23)20-19-17(22)12-28-14-8-6-13(7-9-14)21(24)25/h2-9H,10-12H2,1H3,(H,19,22)(H,20,23). The first-order chi connectivity index (χ1) is 13.5. The molecule has 2 amide bonds.